The fourth-order valence-corrected chi connectivity index (χ4v) is 12.7. The summed E-state index contributed by atoms with van der Waals surface area (Å²) in [6.45, 7) is 6.85. The summed E-state index contributed by atoms with van der Waals surface area (Å²) in [5, 5.41) is 24.7. The van der Waals surface area contributed by atoms with Gasteiger partial charge in [-0.25, -0.2) is 12.4 Å². The highest BCUT2D eigenvalue weighted by Crippen LogP contribution is 2.37. The molecule has 0 spiro atoms. The van der Waals surface area contributed by atoms with E-state index in [1.165, 1.54) is 3.97 Å². The van der Waals surface area contributed by atoms with E-state index >= 15 is 0 Å². The van der Waals surface area contributed by atoms with Gasteiger partial charge in [0.1, 0.15) is 12.2 Å². The minimum Gasteiger partial charge on any atom is -0.405 e. The molecule has 4 aromatic carbocycles. The third-order valence-corrected chi connectivity index (χ3v) is 15.8. The van der Waals surface area contributed by atoms with Crippen LogP contribution in [0.4, 0.5) is 0 Å². The molecule has 1 aromatic heterocycles. The van der Waals surface area contributed by atoms with Crippen molar-refractivity contribution in [3.8, 4) is 0 Å². The third-order valence-electron chi connectivity index (χ3n) is 9.13. The van der Waals surface area contributed by atoms with Gasteiger partial charge in [-0.15, -0.1) is 0 Å². The summed E-state index contributed by atoms with van der Waals surface area (Å²) in [4.78, 5) is 0.206. The Kier molecular flexibility index (Phi) is 10.1. The summed E-state index contributed by atoms with van der Waals surface area (Å²) in [6.07, 6.45) is -1.59. The van der Waals surface area contributed by atoms with E-state index in [1.54, 1.807) is 42.6 Å². The molecule has 5 aromatic rings. The topological polar surface area (TPSA) is 107 Å². The number of ether oxygens (including phenoxy) is 2. The molecule has 48 heavy (non-hydrogen) atoms. The highest BCUT2D eigenvalue weighted by molar-refractivity contribution is 7.90. The number of fused-ring (bicyclic) bond motifs is 1. The molecule has 252 valence electrons. The summed E-state index contributed by atoms with van der Waals surface area (Å²) in [7, 11) is -6.69. The van der Waals surface area contributed by atoms with Gasteiger partial charge in [-0.1, -0.05) is 118 Å². The Balaban J connectivity index is 1.19. The molecule has 0 saturated carbocycles. The Morgan fingerprint density at radius 3 is 1.98 bits per heavy atom. The first-order valence-electron chi connectivity index (χ1n) is 16.3. The van der Waals surface area contributed by atoms with Crippen molar-refractivity contribution in [1.82, 2.24) is 3.97 Å². The lowest BCUT2D eigenvalue weighted by molar-refractivity contribution is -0.268. The zero-order valence-electron chi connectivity index (χ0n) is 27.5. The van der Waals surface area contributed by atoms with Crippen LogP contribution >= 0.6 is 0 Å². The van der Waals surface area contributed by atoms with Crippen LogP contribution in [0, 0.1) is 0 Å². The van der Waals surface area contributed by atoms with Crippen molar-refractivity contribution in [2.75, 3.05) is 13.2 Å². The van der Waals surface area contributed by atoms with Crippen molar-refractivity contribution in [3.05, 3.63) is 127 Å². The second-order valence-electron chi connectivity index (χ2n) is 13.3. The Bertz CT molecular complexity index is 1870. The largest absolute Gasteiger partial charge is 0.405 e. The molecule has 10 heteroatoms. The number of nitrogens with zero attached hydrogens (tertiary/aromatic N) is 1. The number of hydrogen-bond acceptors (Lipinski definition) is 7. The normalized spacial score (nSPS) is 20.6. The first-order chi connectivity index (χ1) is 23.0. The number of hydrogen-bond donors (Lipinski definition) is 2. The summed E-state index contributed by atoms with van der Waals surface area (Å²) < 4.78 is 47.6. The van der Waals surface area contributed by atoms with Crippen LogP contribution in [0.15, 0.2) is 126 Å². The van der Waals surface area contributed by atoms with Gasteiger partial charge in [-0.05, 0) is 45.6 Å². The van der Waals surface area contributed by atoms with Gasteiger partial charge in [0.15, 0.2) is 6.29 Å². The van der Waals surface area contributed by atoms with Crippen LogP contribution in [-0.2, 0) is 30.3 Å². The van der Waals surface area contributed by atoms with E-state index in [4.69, 9.17) is 13.9 Å². The van der Waals surface area contributed by atoms with Crippen molar-refractivity contribution in [3.63, 3.8) is 0 Å². The highest BCUT2D eigenvalue weighted by Gasteiger charge is 2.51. The Morgan fingerprint density at radius 2 is 1.38 bits per heavy atom. The summed E-state index contributed by atoms with van der Waals surface area (Å²) in [5.74, 6) is 0. The molecular formula is C38H43NO7SSi. The lowest BCUT2D eigenvalue weighted by atomic mass is 10.0. The first kappa shape index (κ1) is 34.3. The smallest absolute Gasteiger partial charge is 0.268 e. The van der Waals surface area contributed by atoms with E-state index < -0.39 is 42.9 Å². The maximum absolute atomic E-state index is 13.5. The summed E-state index contributed by atoms with van der Waals surface area (Å²) >= 11 is 0. The molecule has 1 aliphatic rings. The molecule has 1 saturated heterocycles. The summed E-state index contributed by atoms with van der Waals surface area (Å²) in [6, 6.07) is 36.2. The Morgan fingerprint density at radius 1 is 0.812 bits per heavy atom. The van der Waals surface area contributed by atoms with Crippen LogP contribution in [-0.4, -0.2) is 68.7 Å². The molecule has 2 heterocycles. The van der Waals surface area contributed by atoms with Crippen LogP contribution in [0.3, 0.4) is 0 Å². The average molecular weight is 686 g/mol. The van der Waals surface area contributed by atoms with Gasteiger partial charge < -0.3 is 24.1 Å². The lowest BCUT2D eigenvalue weighted by Crippen LogP contribution is -2.67. The Labute approximate surface area is 283 Å². The standard InChI is InChI=1S/C38H43NO7SSi/c1-38(2,3)48(30-17-9-5-10-18-30,31-19-11-6-12-20-31)45-27-36-34(40)25-35(41)37(46-36)44-24-23-28-26-39(33-22-14-13-21-32(28)33)47(42,43)29-15-7-4-8-16-29/h4-22,26,34-37,40-41H,23-25,27H2,1-3H3/t34-,35+,36+,37+/m0/s1. The highest BCUT2D eigenvalue weighted by atomic mass is 32.2. The van der Waals surface area contributed by atoms with E-state index in [0.717, 1.165) is 21.3 Å². The molecule has 0 unspecified atom stereocenters. The SMILES string of the molecule is CC(C)(C)[Si](OC[C@H]1O[C@@H](OCCc2cn(S(=O)(=O)c3ccccc3)c3ccccc23)[C@H](O)C[C@@H]1O)(c1ccccc1)c1ccccc1. The van der Waals surface area contributed by atoms with E-state index in [1.807, 2.05) is 54.6 Å². The Hall–Kier alpha value is -3.61. The number of aliphatic hydroxyl groups excluding tert-OH is 2. The molecule has 0 aliphatic carbocycles. The van der Waals surface area contributed by atoms with Gasteiger partial charge in [0.2, 0.25) is 0 Å². The van der Waals surface area contributed by atoms with E-state index in [2.05, 4.69) is 45.0 Å². The fraction of sp³-hybridized carbons (Fsp3) is 0.316. The van der Waals surface area contributed by atoms with Gasteiger partial charge in [0.25, 0.3) is 18.3 Å². The minimum absolute atomic E-state index is 0.0774. The van der Waals surface area contributed by atoms with Crippen molar-refractivity contribution in [2.24, 2.45) is 0 Å². The van der Waals surface area contributed by atoms with Crippen molar-refractivity contribution in [1.29, 1.82) is 0 Å². The molecule has 4 atom stereocenters. The maximum atomic E-state index is 13.5. The van der Waals surface area contributed by atoms with Gasteiger partial charge in [-0.2, -0.15) is 0 Å². The number of aromatic nitrogens is 1. The van der Waals surface area contributed by atoms with Gasteiger partial charge >= 0.3 is 0 Å². The van der Waals surface area contributed by atoms with Gasteiger partial charge in [0, 0.05) is 18.0 Å². The molecule has 0 radical (unpaired) electrons. The number of rotatable bonds is 11. The molecule has 6 rings (SSSR count). The molecule has 1 aliphatic heterocycles. The van der Waals surface area contributed by atoms with Crippen LogP contribution in [0.5, 0.6) is 0 Å². The lowest BCUT2D eigenvalue weighted by Gasteiger charge is -2.45. The predicted molar refractivity (Wildman–Crippen MR) is 189 cm³/mol. The second-order valence-corrected chi connectivity index (χ2v) is 19.4. The molecule has 1 fully saturated rings. The third kappa shape index (κ3) is 6.66. The van der Waals surface area contributed by atoms with E-state index in [-0.39, 0.29) is 29.6 Å². The van der Waals surface area contributed by atoms with Crippen LogP contribution in [0.25, 0.3) is 10.9 Å². The fourth-order valence-electron chi connectivity index (χ4n) is 6.74. The summed E-state index contributed by atoms with van der Waals surface area (Å²) in [5.41, 5.74) is 1.37. The molecule has 2 N–H and O–H groups in total. The van der Waals surface area contributed by atoms with Crippen molar-refractivity contribution in [2.45, 2.75) is 68.1 Å². The molecule has 8 nitrogen and oxygen atoms in total. The number of para-hydroxylation sites is 1. The molecule has 0 bridgehead atoms. The zero-order valence-corrected chi connectivity index (χ0v) is 29.3. The van der Waals surface area contributed by atoms with E-state index in [9.17, 15) is 18.6 Å². The number of benzene rings is 4. The monoisotopic (exact) mass is 685 g/mol. The van der Waals surface area contributed by atoms with Crippen molar-refractivity contribution < 1.29 is 32.5 Å². The number of aliphatic hydroxyl groups is 2. The molecule has 0 amide bonds. The predicted octanol–water partition coefficient (Wildman–Crippen LogP) is 4.85. The van der Waals surface area contributed by atoms with Gasteiger partial charge in [0.05, 0.1) is 29.7 Å². The molecular weight excluding hydrogens is 643 g/mol. The average Bonchev–Trinajstić information content (AvgIpc) is 3.47. The van der Waals surface area contributed by atoms with E-state index in [0.29, 0.717) is 11.9 Å². The zero-order chi connectivity index (χ0) is 33.9. The minimum atomic E-state index is -3.81. The quantitative estimate of drug-likeness (QED) is 0.192. The first-order valence-corrected chi connectivity index (χ1v) is 19.6. The maximum Gasteiger partial charge on any atom is 0.268 e. The van der Waals surface area contributed by atoms with Crippen LogP contribution in [0.2, 0.25) is 5.04 Å². The van der Waals surface area contributed by atoms with Crippen LogP contribution in [0.1, 0.15) is 32.8 Å². The van der Waals surface area contributed by atoms with Gasteiger partial charge in [-0.3, -0.25) is 0 Å². The van der Waals surface area contributed by atoms with Crippen LogP contribution < -0.4 is 10.4 Å². The van der Waals surface area contributed by atoms with Crippen molar-refractivity contribution >= 4 is 39.6 Å². The second kappa shape index (κ2) is 14.1.